The predicted molar refractivity (Wildman–Crippen MR) is 380 cm³/mol. The van der Waals surface area contributed by atoms with Crippen molar-refractivity contribution in [1.82, 2.24) is 0 Å². The van der Waals surface area contributed by atoms with Crippen LogP contribution in [0.25, 0.3) is 0 Å². The third-order valence-electron chi connectivity index (χ3n) is 16.0. The normalized spacial score (nSPS) is 13.3. The van der Waals surface area contributed by atoms with Crippen molar-refractivity contribution in [3.8, 4) is 0 Å². The van der Waals surface area contributed by atoms with Crippen molar-refractivity contribution in [3.05, 3.63) is 109 Å². The first-order chi connectivity index (χ1) is 43.6. The largest absolute Gasteiger partial charge is 0.545 e. The molecule has 2 unspecified atom stereocenters. The van der Waals surface area contributed by atoms with Gasteiger partial charge in [-0.15, -0.1) is 0 Å². The number of ether oxygens (including phenoxy) is 4. The van der Waals surface area contributed by atoms with Crippen LogP contribution in [0.4, 0.5) is 0 Å². The third kappa shape index (κ3) is 71.3. The summed E-state index contributed by atoms with van der Waals surface area (Å²) < 4.78 is 22.8. The van der Waals surface area contributed by atoms with Crippen LogP contribution in [-0.2, 0) is 33.3 Å². The molecule has 0 radical (unpaired) electrons. The molecule has 0 aliphatic heterocycles. The number of aliphatic carboxylic acids is 1. The number of carbonyl (C=O) groups excluding carboxylic acids is 3. The molecule has 0 N–H and O–H groups in total. The van der Waals surface area contributed by atoms with Gasteiger partial charge in [-0.3, -0.25) is 9.59 Å². The number of hydrogen-bond acceptors (Lipinski definition) is 8. The van der Waals surface area contributed by atoms with Crippen LogP contribution >= 0.6 is 0 Å². The van der Waals surface area contributed by atoms with Gasteiger partial charge in [-0.25, -0.2) is 0 Å². The molecule has 0 aromatic rings. The van der Waals surface area contributed by atoms with Gasteiger partial charge in [0.05, 0.1) is 40.3 Å². The number of carboxylic acid groups (broad SMARTS) is 1. The van der Waals surface area contributed by atoms with E-state index in [1.165, 1.54) is 199 Å². The topological polar surface area (TPSA) is 111 Å². The van der Waals surface area contributed by atoms with Crippen LogP contribution in [0.2, 0.25) is 0 Å². The lowest BCUT2D eigenvalue weighted by Crippen LogP contribution is -2.44. The predicted octanol–water partition coefficient (Wildman–Crippen LogP) is 22.0. The minimum absolute atomic E-state index is 0.146. The Morgan fingerprint density at radius 2 is 0.607 bits per heavy atom. The number of likely N-dealkylation sites (N-methyl/N-ethyl adjacent to an activating group) is 1. The SMILES string of the molecule is CC/C=C\C/C=C\C/C=C\C/C=C\C/C=C\CCCCCCCCCCCCCCCCCCCCCC(=O)OC(COC(=O)CCCCCCCCCCCCCCCCCC/C=C\C/C=C\C/C=C\C/C=C\CC)COC(OCC[N+](C)(C)C)C(=O)[O-]. The first-order valence-electron chi connectivity index (χ1n) is 37.0. The summed E-state index contributed by atoms with van der Waals surface area (Å²) >= 11 is 0. The van der Waals surface area contributed by atoms with E-state index in [1.54, 1.807) is 0 Å². The third-order valence-corrected chi connectivity index (χ3v) is 16.0. The molecule has 0 aromatic carbocycles. The Morgan fingerprint density at radius 3 is 0.899 bits per heavy atom. The van der Waals surface area contributed by atoms with Crippen LogP contribution in [0.5, 0.6) is 0 Å². The summed E-state index contributed by atoms with van der Waals surface area (Å²) in [6.07, 6.45) is 94.7. The van der Waals surface area contributed by atoms with Crippen molar-refractivity contribution < 1.29 is 42.9 Å². The second-order valence-electron chi connectivity index (χ2n) is 25.8. The Bertz CT molecular complexity index is 1830. The molecule has 0 amide bonds. The molecule has 9 heteroatoms. The zero-order valence-electron chi connectivity index (χ0n) is 58.5. The van der Waals surface area contributed by atoms with E-state index in [0.29, 0.717) is 23.9 Å². The number of nitrogens with zero attached hydrogens (tertiary/aromatic N) is 1. The number of esters is 2. The molecule has 0 saturated heterocycles. The molecule has 0 spiro atoms. The first kappa shape index (κ1) is 85.0. The van der Waals surface area contributed by atoms with E-state index in [0.717, 1.165) is 89.9 Å². The molecule has 2 atom stereocenters. The molecule has 9 nitrogen and oxygen atoms in total. The average molecular weight is 1240 g/mol. The van der Waals surface area contributed by atoms with Crippen LogP contribution in [0, 0.1) is 0 Å². The molecular weight excluding hydrogens is 1100 g/mol. The molecule has 512 valence electrons. The van der Waals surface area contributed by atoms with Crippen LogP contribution in [0.15, 0.2) is 109 Å². The second-order valence-corrected chi connectivity index (χ2v) is 25.8. The number of quaternary nitrogens is 1. The zero-order valence-corrected chi connectivity index (χ0v) is 58.5. The lowest BCUT2D eigenvalue weighted by atomic mass is 10.0. The zero-order chi connectivity index (χ0) is 64.7. The van der Waals surface area contributed by atoms with Gasteiger partial charge in [-0.2, -0.15) is 0 Å². The highest BCUT2D eigenvalue weighted by molar-refractivity contribution is 5.70. The minimum Gasteiger partial charge on any atom is -0.545 e. The summed E-state index contributed by atoms with van der Waals surface area (Å²) in [5.74, 6) is -2.27. The smallest absolute Gasteiger partial charge is 0.306 e. The number of rotatable bonds is 68. The van der Waals surface area contributed by atoms with Crippen molar-refractivity contribution in [1.29, 1.82) is 0 Å². The van der Waals surface area contributed by atoms with Gasteiger partial charge in [0.25, 0.3) is 0 Å². The highest BCUT2D eigenvalue weighted by Crippen LogP contribution is 2.18. The van der Waals surface area contributed by atoms with Crippen LogP contribution < -0.4 is 5.11 Å². The lowest BCUT2D eigenvalue weighted by Gasteiger charge is -2.26. The van der Waals surface area contributed by atoms with E-state index >= 15 is 0 Å². The van der Waals surface area contributed by atoms with Gasteiger partial charge < -0.3 is 33.3 Å². The van der Waals surface area contributed by atoms with E-state index in [1.807, 2.05) is 21.1 Å². The van der Waals surface area contributed by atoms with Gasteiger partial charge in [-0.05, 0) is 96.3 Å². The Labute approximate surface area is 549 Å². The standard InChI is InChI=1S/C80H139NO8/c1-6-8-10-12-14-16-18-20-22-24-26-28-30-32-34-36-37-38-39-40-41-43-45-47-49-51-53-55-57-59-61-63-65-67-69-71-78(83)89-76(75-88-80(79(84)85)86-73-72-81(3,4)5)74-87-77(82)70-68-66-64-62-60-58-56-54-52-50-48-46-44-42-35-33-31-29-27-25-23-21-19-17-15-13-11-9-7-2/h8-11,14-17,20-23,26-29,32,34,76,80H,6-7,12-13,18-19,24-25,30-31,33,35-75H2,1-5H3/b10-8-,11-9-,16-14-,17-15-,22-20-,23-21-,28-26-,29-27-,34-32-. The van der Waals surface area contributed by atoms with Gasteiger partial charge in [0.2, 0.25) is 0 Å². The van der Waals surface area contributed by atoms with Crippen molar-refractivity contribution in [2.24, 2.45) is 0 Å². The molecule has 0 aromatic heterocycles. The van der Waals surface area contributed by atoms with Gasteiger partial charge in [-0.1, -0.05) is 322 Å². The summed E-state index contributed by atoms with van der Waals surface area (Å²) in [5.41, 5.74) is 0. The van der Waals surface area contributed by atoms with E-state index in [2.05, 4.69) is 123 Å². The highest BCUT2D eigenvalue weighted by Gasteiger charge is 2.22. The molecule has 0 saturated carbocycles. The monoisotopic (exact) mass is 1240 g/mol. The molecular formula is C80H139NO8. The lowest BCUT2D eigenvalue weighted by molar-refractivity contribution is -0.870. The molecule has 0 heterocycles. The van der Waals surface area contributed by atoms with Crippen molar-refractivity contribution >= 4 is 17.9 Å². The maximum atomic E-state index is 13.0. The summed E-state index contributed by atoms with van der Waals surface area (Å²) in [7, 11) is 5.94. The Morgan fingerprint density at radius 1 is 0.337 bits per heavy atom. The molecule has 0 bridgehead atoms. The number of carbonyl (C=O) groups is 3. The fourth-order valence-electron chi connectivity index (χ4n) is 10.4. The summed E-state index contributed by atoms with van der Waals surface area (Å²) in [6.45, 7) is 4.56. The molecule has 0 fully saturated rings. The van der Waals surface area contributed by atoms with Crippen LogP contribution in [-0.4, -0.2) is 82.3 Å². The average Bonchev–Trinajstić information content (AvgIpc) is 3.64. The fraction of sp³-hybridized carbons (Fsp3) is 0.738. The summed E-state index contributed by atoms with van der Waals surface area (Å²) in [4.78, 5) is 37.6. The number of carboxylic acids is 1. The quantitative estimate of drug-likeness (QED) is 0.0195. The Kier molecular flexibility index (Phi) is 66.7. The number of allylic oxidation sites excluding steroid dienone is 18. The number of hydrogen-bond donors (Lipinski definition) is 0. The second kappa shape index (κ2) is 69.8. The maximum absolute atomic E-state index is 13.0. The minimum atomic E-state index is -1.62. The molecule has 89 heavy (non-hydrogen) atoms. The van der Waals surface area contributed by atoms with Crippen molar-refractivity contribution in [3.63, 3.8) is 0 Å². The van der Waals surface area contributed by atoms with Crippen molar-refractivity contribution in [2.45, 2.75) is 334 Å². The van der Waals surface area contributed by atoms with E-state index in [-0.39, 0.29) is 32.2 Å². The molecule has 0 rings (SSSR count). The van der Waals surface area contributed by atoms with Gasteiger partial charge in [0.1, 0.15) is 13.2 Å². The van der Waals surface area contributed by atoms with Gasteiger partial charge >= 0.3 is 11.9 Å². The van der Waals surface area contributed by atoms with Crippen LogP contribution in [0.1, 0.15) is 322 Å². The van der Waals surface area contributed by atoms with Crippen LogP contribution in [0.3, 0.4) is 0 Å². The van der Waals surface area contributed by atoms with E-state index < -0.39 is 24.3 Å². The van der Waals surface area contributed by atoms with Crippen molar-refractivity contribution in [2.75, 3.05) is 47.5 Å². The Balaban J connectivity index is 4.05. The first-order valence-corrected chi connectivity index (χ1v) is 37.0. The molecule has 0 aliphatic carbocycles. The molecule has 0 aliphatic rings. The fourth-order valence-corrected chi connectivity index (χ4v) is 10.4. The maximum Gasteiger partial charge on any atom is 0.306 e. The van der Waals surface area contributed by atoms with E-state index in [4.69, 9.17) is 18.9 Å². The Hall–Kier alpha value is -4.05. The number of unbranched alkanes of at least 4 members (excludes halogenated alkanes) is 35. The summed E-state index contributed by atoms with van der Waals surface area (Å²) in [5, 5.41) is 11.8. The van der Waals surface area contributed by atoms with Gasteiger partial charge in [0, 0.05) is 12.8 Å². The van der Waals surface area contributed by atoms with E-state index in [9.17, 15) is 19.5 Å². The van der Waals surface area contributed by atoms with Gasteiger partial charge in [0.15, 0.2) is 12.4 Å². The summed E-state index contributed by atoms with van der Waals surface area (Å²) in [6, 6.07) is 0. The highest BCUT2D eigenvalue weighted by atomic mass is 16.7.